The van der Waals surface area contributed by atoms with Crippen LogP contribution in [-0.4, -0.2) is 35.5 Å². The molecule has 2 aliphatic rings. The Kier molecular flexibility index (Phi) is 4.01. The molecule has 6 heteroatoms. The summed E-state index contributed by atoms with van der Waals surface area (Å²) in [6.45, 7) is 0.611. The van der Waals surface area contributed by atoms with Crippen molar-refractivity contribution in [1.29, 1.82) is 0 Å². The predicted molar refractivity (Wildman–Crippen MR) is 81.4 cm³/mol. The van der Waals surface area contributed by atoms with Gasteiger partial charge in [0.2, 0.25) is 5.91 Å². The summed E-state index contributed by atoms with van der Waals surface area (Å²) in [7, 11) is 0. The number of para-hydroxylation sites is 1. The number of nitrogens with one attached hydrogen (secondary N) is 2. The van der Waals surface area contributed by atoms with Crippen LogP contribution < -0.4 is 10.6 Å². The van der Waals surface area contributed by atoms with Crippen molar-refractivity contribution in [3.63, 3.8) is 0 Å². The van der Waals surface area contributed by atoms with E-state index in [2.05, 4.69) is 10.6 Å². The summed E-state index contributed by atoms with van der Waals surface area (Å²) < 4.78 is 0. The summed E-state index contributed by atoms with van der Waals surface area (Å²) in [4.78, 5) is 25.8. The van der Waals surface area contributed by atoms with E-state index in [9.17, 15) is 9.59 Å². The highest BCUT2D eigenvalue weighted by Crippen LogP contribution is 2.28. The fourth-order valence-electron chi connectivity index (χ4n) is 2.79. The van der Waals surface area contributed by atoms with E-state index in [1.807, 2.05) is 4.90 Å². The largest absolute Gasteiger partial charge is 0.338 e. The molecule has 1 atom stereocenters. The lowest BCUT2D eigenvalue weighted by molar-refractivity contribution is -0.131. The molecule has 2 fully saturated rings. The first kappa shape index (κ1) is 14.2. The molecule has 5 nitrogen and oxygen atoms in total. The Balaban J connectivity index is 1.54. The van der Waals surface area contributed by atoms with Crippen molar-refractivity contribution in [3.8, 4) is 0 Å². The fraction of sp³-hybridized carbons (Fsp3) is 0.467. The second-order valence-corrected chi connectivity index (χ2v) is 6.02. The van der Waals surface area contributed by atoms with E-state index in [4.69, 9.17) is 11.6 Å². The maximum Gasteiger partial charge on any atom is 0.319 e. The molecule has 1 unspecified atom stereocenters. The minimum atomic E-state index is -0.323. The third kappa shape index (κ3) is 3.13. The number of hydrogen-bond donors (Lipinski definition) is 2. The van der Waals surface area contributed by atoms with Crippen LogP contribution in [0.15, 0.2) is 24.3 Å². The number of anilines is 1. The van der Waals surface area contributed by atoms with Gasteiger partial charge < -0.3 is 15.5 Å². The van der Waals surface area contributed by atoms with Gasteiger partial charge in [-0.2, -0.15) is 0 Å². The Bertz CT molecular complexity index is 560. The number of benzene rings is 1. The number of amides is 3. The fourth-order valence-corrected chi connectivity index (χ4v) is 2.97. The molecule has 1 aliphatic heterocycles. The van der Waals surface area contributed by atoms with Crippen LogP contribution in [0.25, 0.3) is 0 Å². The van der Waals surface area contributed by atoms with Crippen molar-refractivity contribution in [2.24, 2.45) is 0 Å². The topological polar surface area (TPSA) is 61.4 Å². The highest BCUT2D eigenvalue weighted by atomic mass is 35.5. The van der Waals surface area contributed by atoms with Crippen LogP contribution in [0, 0.1) is 0 Å². The summed E-state index contributed by atoms with van der Waals surface area (Å²) >= 11 is 5.99. The second kappa shape index (κ2) is 5.93. The molecule has 1 saturated carbocycles. The summed E-state index contributed by atoms with van der Waals surface area (Å²) in [6.07, 6.45) is 3.75. The van der Waals surface area contributed by atoms with Gasteiger partial charge in [-0.05, 0) is 31.4 Å². The molecule has 0 aromatic heterocycles. The second-order valence-electron chi connectivity index (χ2n) is 5.61. The number of nitrogens with zero attached hydrogens (tertiary/aromatic N) is 1. The number of likely N-dealkylation sites (tertiary alicyclic amines) is 1. The van der Waals surface area contributed by atoms with Gasteiger partial charge >= 0.3 is 6.03 Å². The number of rotatable bonds is 3. The monoisotopic (exact) mass is 307 g/mol. The number of carbonyl (C=O) groups excluding carboxylic acids is 2. The Morgan fingerprint density at radius 3 is 2.71 bits per heavy atom. The minimum absolute atomic E-state index is 0.124. The van der Waals surface area contributed by atoms with Crippen LogP contribution in [0.4, 0.5) is 10.5 Å². The van der Waals surface area contributed by atoms with E-state index in [0.29, 0.717) is 29.7 Å². The molecule has 0 spiro atoms. The van der Waals surface area contributed by atoms with Crippen molar-refractivity contribution in [2.45, 2.75) is 37.8 Å². The first-order chi connectivity index (χ1) is 10.1. The van der Waals surface area contributed by atoms with Gasteiger partial charge in [-0.25, -0.2) is 4.79 Å². The quantitative estimate of drug-likeness (QED) is 0.901. The van der Waals surface area contributed by atoms with Gasteiger partial charge in [0, 0.05) is 19.0 Å². The van der Waals surface area contributed by atoms with Crippen LogP contribution >= 0.6 is 11.6 Å². The highest BCUT2D eigenvalue weighted by Gasteiger charge is 2.37. The van der Waals surface area contributed by atoms with E-state index in [0.717, 1.165) is 12.8 Å². The van der Waals surface area contributed by atoms with Gasteiger partial charge in [-0.1, -0.05) is 23.7 Å². The zero-order valence-corrected chi connectivity index (χ0v) is 12.4. The lowest BCUT2D eigenvalue weighted by Gasteiger charge is -2.34. The molecular weight excluding hydrogens is 290 g/mol. The zero-order chi connectivity index (χ0) is 14.8. The third-order valence-electron chi connectivity index (χ3n) is 4.13. The molecular formula is C15H18ClN3O2. The van der Waals surface area contributed by atoms with Gasteiger partial charge in [0.1, 0.15) is 0 Å². The molecule has 0 bridgehead atoms. The maximum absolute atomic E-state index is 12.0. The first-order valence-corrected chi connectivity index (χ1v) is 7.63. The molecule has 1 aromatic rings. The molecule has 1 heterocycles. The molecule has 21 heavy (non-hydrogen) atoms. The summed E-state index contributed by atoms with van der Waals surface area (Å²) in [5.41, 5.74) is 0.567. The first-order valence-electron chi connectivity index (χ1n) is 7.25. The van der Waals surface area contributed by atoms with E-state index in [-0.39, 0.29) is 18.0 Å². The Hall–Kier alpha value is -1.75. The van der Waals surface area contributed by atoms with E-state index in [1.165, 1.54) is 6.42 Å². The van der Waals surface area contributed by atoms with Gasteiger partial charge in [-0.3, -0.25) is 4.79 Å². The summed E-state index contributed by atoms with van der Waals surface area (Å²) in [5, 5.41) is 6.05. The summed E-state index contributed by atoms with van der Waals surface area (Å²) in [6, 6.07) is 7.00. The SMILES string of the molecule is O=C(Nc1ccccc1Cl)NC1CC(=O)N(C2CCC2)C1. The Labute approximate surface area is 128 Å². The predicted octanol–water partition coefficient (Wildman–Crippen LogP) is 2.61. The molecule has 1 aliphatic carbocycles. The minimum Gasteiger partial charge on any atom is -0.338 e. The van der Waals surface area contributed by atoms with Crippen molar-refractivity contribution < 1.29 is 9.59 Å². The smallest absolute Gasteiger partial charge is 0.319 e. The molecule has 112 valence electrons. The van der Waals surface area contributed by atoms with Gasteiger partial charge in [0.15, 0.2) is 0 Å². The van der Waals surface area contributed by atoms with E-state index in [1.54, 1.807) is 24.3 Å². The maximum atomic E-state index is 12.0. The molecule has 0 radical (unpaired) electrons. The number of halogens is 1. The average molecular weight is 308 g/mol. The standard InChI is InChI=1S/C15H18ClN3O2/c16-12-6-1-2-7-13(12)18-15(21)17-10-8-14(20)19(9-10)11-4-3-5-11/h1-2,6-7,10-11H,3-5,8-9H2,(H2,17,18,21). The lowest BCUT2D eigenvalue weighted by Crippen LogP contribution is -2.44. The van der Waals surface area contributed by atoms with Crippen molar-refractivity contribution >= 4 is 29.2 Å². The third-order valence-corrected chi connectivity index (χ3v) is 4.46. The number of carbonyl (C=O) groups is 2. The molecule has 2 N–H and O–H groups in total. The number of urea groups is 1. The highest BCUT2D eigenvalue weighted by molar-refractivity contribution is 6.33. The van der Waals surface area contributed by atoms with E-state index < -0.39 is 0 Å². The van der Waals surface area contributed by atoms with Crippen LogP contribution in [0.5, 0.6) is 0 Å². The zero-order valence-electron chi connectivity index (χ0n) is 11.6. The van der Waals surface area contributed by atoms with Crippen LogP contribution in [0.1, 0.15) is 25.7 Å². The van der Waals surface area contributed by atoms with Crippen LogP contribution in [0.3, 0.4) is 0 Å². The van der Waals surface area contributed by atoms with Crippen molar-refractivity contribution in [3.05, 3.63) is 29.3 Å². The van der Waals surface area contributed by atoms with Crippen LogP contribution in [0.2, 0.25) is 5.02 Å². The van der Waals surface area contributed by atoms with Gasteiger partial charge in [0.05, 0.1) is 16.8 Å². The van der Waals surface area contributed by atoms with Crippen molar-refractivity contribution in [2.75, 3.05) is 11.9 Å². The molecule has 1 aromatic carbocycles. The average Bonchev–Trinajstić information content (AvgIpc) is 2.71. The molecule has 1 saturated heterocycles. The van der Waals surface area contributed by atoms with Crippen molar-refractivity contribution in [1.82, 2.24) is 10.2 Å². The normalized spacial score (nSPS) is 22.0. The van der Waals surface area contributed by atoms with Gasteiger partial charge in [0.25, 0.3) is 0 Å². The molecule has 3 amide bonds. The Morgan fingerprint density at radius 1 is 1.29 bits per heavy atom. The van der Waals surface area contributed by atoms with Gasteiger partial charge in [-0.15, -0.1) is 0 Å². The lowest BCUT2D eigenvalue weighted by atomic mass is 9.92. The molecule has 3 rings (SSSR count). The van der Waals surface area contributed by atoms with E-state index >= 15 is 0 Å². The number of hydrogen-bond acceptors (Lipinski definition) is 2. The Morgan fingerprint density at radius 2 is 2.05 bits per heavy atom. The summed E-state index contributed by atoms with van der Waals surface area (Å²) in [5.74, 6) is 0.141. The van der Waals surface area contributed by atoms with Crippen LogP contribution in [-0.2, 0) is 4.79 Å².